The summed E-state index contributed by atoms with van der Waals surface area (Å²) in [7, 11) is -1.83. The van der Waals surface area contributed by atoms with Crippen LogP contribution in [0.1, 0.15) is 11.3 Å². The van der Waals surface area contributed by atoms with Crippen LogP contribution in [-0.2, 0) is 22.9 Å². The molecule has 0 fully saturated rings. The largest absolute Gasteiger partial charge is 0.497 e. The molecule has 31 heavy (non-hydrogen) atoms. The molecule has 2 heterocycles. The fourth-order valence-corrected chi connectivity index (χ4v) is 5.02. The van der Waals surface area contributed by atoms with Gasteiger partial charge in [0.15, 0.2) is 5.82 Å². The van der Waals surface area contributed by atoms with Crippen LogP contribution in [0.2, 0.25) is 0 Å². The lowest BCUT2D eigenvalue weighted by atomic mass is 10.2. The van der Waals surface area contributed by atoms with Crippen molar-refractivity contribution in [2.45, 2.75) is 12.8 Å². The van der Waals surface area contributed by atoms with E-state index in [0.29, 0.717) is 29.2 Å². The van der Waals surface area contributed by atoms with Crippen LogP contribution in [0, 0.1) is 5.82 Å². The Morgan fingerprint density at radius 3 is 2.65 bits per heavy atom. The van der Waals surface area contributed by atoms with Crippen molar-refractivity contribution >= 4 is 26.3 Å². The molecule has 162 valence electrons. The van der Waals surface area contributed by atoms with E-state index in [4.69, 9.17) is 4.74 Å². The Hall–Kier alpha value is -2.82. The Morgan fingerprint density at radius 1 is 1.13 bits per heavy atom. The third kappa shape index (κ3) is 5.09. The molecule has 0 atom stereocenters. The maximum atomic E-state index is 14.0. The number of benzene rings is 2. The summed E-state index contributed by atoms with van der Waals surface area (Å²) < 4.78 is 48.1. The first-order valence-corrected chi connectivity index (χ1v) is 12.2. The summed E-state index contributed by atoms with van der Waals surface area (Å²) in [5, 5.41) is 6.28. The van der Waals surface area contributed by atoms with E-state index in [9.17, 15) is 12.8 Å². The third-order valence-electron chi connectivity index (χ3n) is 4.79. The predicted molar refractivity (Wildman–Crippen MR) is 118 cm³/mol. The van der Waals surface area contributed by atoms with Crippen molar-refractivity contribution < 1.29 is 17.5 Å². The summed E-state index contributed by atoms with van der Waals surface area (Å²) in [6.45, 7) is 0.242. The maximum absolute atomic E-state index is 14.0. The minimum atomic E-state index is -3.42. The molecule has 0 saturated carbocycles. The molecule has 4 aromatic rings. The summed E-state index contributed by atoms with van der Waals surface area (Å²) >= 11 is 1.38. The van der Waals surface area contributed by atoms with Gasteiger partial charge in [0.05, 0.1) is 24.1 Å². The molecule has 0 aliphatic rings. The molecule has 2 aromatic heterocycles. The maximum Gasteiger partial charge on any atom is 0.212 e. The first-order chi connectivity index (χ1) is 14.9. The zero-order chi connectivity index (χ0) is 21.8. The van der Waals surface area contributed by atoms with Crippen LogP contribution < -0.4 is 9.46 Å². The highest BCUT2D eigenvalue weighted by atomic mass is 32.2. The minimum Gasteiger partial charge on any atom is -0.497 e. The van der Waals surface area contributed by atoms with E-state index in [2.05, 4.69) is 14.8 Å². The van der Waals surface area contributed by atoms with Crippen LogP contribution in [0.5, 0.6) is 5.75 Å². The molecular formula is C21H21FN4O3S2. The Morgan fingerprint density at radius 2 is 1.90 bits per heavy atom. The number of hydrogen-bond donors (Lipinski definition) is 1. The van der Waals surface area contributed by atoms with Gasteiger partial charge in [0.1, 0.15) is 11.6 Å². The molecule has 0 spiro atoms. The summed E-state index contributed by atoms with van der Waals surface area (Å²) in [4.78, 5) is 5.01. The van der Waals surface area contributed by atoms with E-state index in [0.717, 1.165) is 17.0 Å². The van der Waals surface area contributed by atoms with Crippen LogP contribution in [0.15, 0.2) is 53.9 Å². The van der Waals surface area contributed by atoms with Gasteiger partial charge in [0, 0.05) is 18.3 Å². The predicted octanol–water partition coefficient (Wildman–Crippen LogP) is 3.31. The van der Waals surface area contributed by atoms with E-state index in [1.165, 1.54) is 17.4 Å². The lowest BCUT2D eigenvalue weighted by Gasteiger charge is -2.07. The average Bonchev–Trinajstić information content (AvgIpc) is 3.35. The van der Waals surface area contributed by atoms with Gasteiger partial charge in [-0.05, 0) is 36.2 Å². The van der Waals surface area contributed by atoms with Gasteiger partial charge in [-0.3, -0.25) is 0 Å². The number of rotatable bonds is 9. The van der Waals surface area contributed by atoms with Crippen molar-refractivity contribution in [3.63, 3.8) is 0 Å². The summed E-state index contributed by atoms with van der Waals surface area (Å²) in [6.07, 6.45) is 0.860. The number of halogens is 1. The van der Waals surface area contributed by atoms with Gasteiger partial charge in [0.2, 0.25) is 15.0 Å². The number of fused-ring (bicyclic) bond motifs is 1. The van der Waals surface area contributed by atoms with E-state index in [1.54, 1.807) is 29.8 Å². The van der Waals surface area contributed by atoms with Gasteiger partial charge in [-0.2, -0.15) is 4.98 Å². The number of aromatic nitrogens is 3. The van der Waals surface area contributed by atoms with Crippen molar-refractivity contribution in [2.24, 2.45) is 0 Å². The van der Waals surface area contributed by atoms with Crippen molar-refractivity contribution in [3.05, 3.63) is 71.0 Å². The second-order valence-electron chi connectivity index (χ2n) is 6.90. The van der Waals surface area contributed by atoms with Crippen molar-refractivity contribution in [1.82, 2.24) is 19.3 Å². The molecule has 0 amide bonds. The van der Waals surface area contributed by atoms with Gasteiger partial charge < -0.3 is 4.74 Å². The molecule has 4 rings (SSSR count). The molecule has 0 aliphatic heterocycles. The third-order valence-corrected chi connectivity index (χ3v) is 7.04. The Labute approximate surface area is 183 Å². The lowest BCUT2D eigenvalue weighted by molar-refractivity contribution is 0.414. The smallest absolute Gasteiger partial charge is 0.212 e. The average molecular weight is 461 g/mol. The molecule has 0 unspecified atom stereocenters. The lowest BCUT2D eigenvalue weighted by Crippen LogP contribution is -2.29. The van der Waals surface area contributed by atoms with Gasteiger partial charge in [-0.25, -0.2) is 22.0 Å². The molecular weight excluding hydrogens is 439 g/mol. The van der Waals surface area contributed by atoms with E-state index >= 15 is 0 Å². The van der Waals surface area contributed by atoms with Crippen LogP contribution >= 0.6 is 11.3 Å². The van der Waals surface area contributed by atoms with Gasteiger partial charge in [0.25, 0.3) is 0 Å². The quantitative estimate of drug-likeness (QED) is 0.414. The fourth-order valence-electron chi connectivity index (χ4n) is 3.10. The normalized spacial score (nSPS) is 11.8. The minimum absolute atomic E-state index is 0.000859. The van der Waals surface area contributed by atoms with Crippen molar-refractivity contribution in [1.29, 1.82) is 0 Å². The SMILES string of the molecule is COc1ccc(CCS(=O)(=O)NCCc2csc3nc(-c4ccccc4F)nn23)cc1. The topological polar surface area (TPSA) is 85.6 Å². The van der Waals surface area contributed by atoms with Crippen molar-refractivity contribution in [3.8, 4) is 17.1 Å². The number of thiazole rings is 1. The monoisotopic (exact) mass is 460 g/mol. The highest BCUT2D eigenvalue weighted by Crippen LogP contribution is 2.23. The number of sulfonamides is 1. The standard InChI is InChI=1S/C21H21FN4O3S2/c1-29-17-8-6-15(7-9-17)11-13-31(27,28)23-12-10-16-14-30-21-24-20(25-26(16)21)18-4-2-3-5-19(18)22/h2-9,14,23H,10-13H2,1H3. The fraction of sp³-hybridized carbons (Fsp3) is 0.238. The second-order valence-corrected chi connectivity index (χ2v) is 9.66. The van der Waals surface area contributed by atoms with E-state index in [-0.39, 0.29) is 18.1 Å². The van der Waals surface area contributed by atoms with E-state index in [1.807, 2.05) is 29.6 Å². The van der Waals surface area contributed by atoms with E-state index < -0.39 is 10.0 Å². The second kappa shape index (κ2) is 9.13. The summed E-state index contributed by atoms with van der Waals surface area (Å²) in [5.41, 5.74) is 2.07. The Bertz CT molecular complexity index is 1280. The number of nitrogens with one attached hydrogen (secondary N) is 1. The van der Waals surface area contributed by atoms with Gasteiger partial charge in [-0.15, -0.1) is 16.4 Å². The highest BCUT2D eigenvalue weighted by Gasteiger charge is 2.15. The number of hydrogen-bond acceptors (Lipinski definition) is 6. The Balaban J connectivity index is 1.36. The van der Waals surface area contributed by atoms with Crippen molar-refractivity contribution in [2.75, 3.05) is 19.4 Å². The number of aryl methyl sites for hydroxylation is 1. The zero-order valence-corrected chi connectivity index (χ0v) is 18.4. The zero-order valence-electron chi connectivity index (χ0n) is 16.8. The number of methoxy groups -OCH3 is 1. The summed E-state index contributed by atoms with van der Waals surface area (Å²) in [6, 6.07) is 13.7. The molecule has 0 aliphatic carbocycles. The van der Waals surface area contributed by atoms with Crippen LogP contribution in [0.4, 0.5) is 4.39 Å². The number of nitrogens with zero attached hydrogens (tertiary/aromatic N) is 3. The molecule has 7 nitrogen and oxygen atoms in total. The molecule has 1 N–H and O–H groups in total. The van der Waals surface area contributed by atoms with Gasteiger partial charge >= 0.3 is 0 Å². The number of ether oxygens (including phenoxy) is 1. The molecule has 2 aromatic carbocycles. The highest BCUT2D eigenvalue weighted by molar-refractivity contribution is 7.89. The summed E-state index contributed by atoms with van der Waals surface area (Å²) in [5.74, 6) is 0.662. The molecule has 0 radical (unpaired) electrons. The first-order valence-electron chi connectivity index (χ1n) is 9.63. The van der Waals surface area contributed by atoms with Crippen LogP contribution in [-0.4, -0.2) is 42.4 Å². The Kier molecular flexibility index (Phi) is 6.30. The molecule has 0 saturated heterocycles. The van der Waals surface area contributed by atoms with Crippen LogP contribution in [0.25, 0.3) is 16.3 Å². The molecule has 10 heteroatoms. The first kappa shape index (κ1) is 21.4. The molecule has 0 bridgehead atoms. The van der Waals surface area contributed by atoms with Gasteiger partial charge in [-0.1, -0.05) is 24.3 Å². The van der Waals surface area contributed by atoms with Crippen LogP contribution in [0.3, 0.4) is 0 Å².